The standard InChI is InChI=1S/C38H27N/c1-38(2)31-20-10-8-17-27(31)36-29(19-12-21-32(36)38)35-26-16-7-6-15-25(26)34(24-13-4-3-5-14-24)37-28-18-9-11-22-33(28)39-23-30(35)37/h3-23H,1-2H3. The van der Waals surface area contributed by atoms with E-state index in [0.717, 1.165) is 5.52 Å². The highest BCUT2D eigenvalue weighted by Gasteiger charge is 2.37. The van der Waals surface area contributed by atoms with Gasteiger partial charge in [-0.15, -0.1) is 0 Å². The number of hydrogen-bond donors (Lipinski definition) is 0. The van der Waals surface area contributed by atoms with E-state index in [9.17, 15) is 0 Å². The zero-order valence-electron chi connectivity index (χ0n) is 22.1. The van der Waals surface area contributed by atoms with Crippen molar-refractivity contribution in [1.29, 1.82) is 0 Å². The monoisotopic (exact) mass is 497 g/mol. The molecule has 0 fully saturated rings. The normalized spacial score (nSPS) is 13.6. The average molecular weight is 498 g/mol. The van der Waals surface area contributed by atoms with E-state index < -0.39 is 0 Å². The van der Waals surface area contributed by atoms with Crippen molar-refractivity contribution >= 4 is 32.4 Å². The number of benzene rings is 6. The molecule has 0 saturated heterocycles. The predicted octanol–water partition coefficient (Wildman–Crippen LogP) is 10.2. The lowest BCUT2D eigenvalue weighted by atomic mass is 9.80. The van der Waals surface area contributed by atoms with Gasteiger partial charge in [-0.25, -0.2) is 0 Å². The van der Waals surface area contributed by atoms with Gasteiger partial charge in [0.1, 0.15) is 0 Å². The van der Waals surface area contributed by atoms with Gasteiger partial charge in [-0.3, -0.25) is 4.98 Å². The van der Waals surface area contributed by atoms with Crippen LogP contribution in [0.4, 0.5) is 0 Å². The summed E-state index contributed by atoms with van der Waals surface area (Å²) in [6.45, 7) is 4.70. The molecule has 0 N–H and O–H groups in total. The molecule has 0 saturated carbocycles. The summed E-state index contributed by atoms with van der Waals surface area (Å²) in [7, 11) is 0. The van der Waals surface area contributed by atoms with E-state index in [2.05, 4.69) is 141 Å². The first-order valence-electron chi connectivity index (χ1n) is 13.7. The van der Waals surface area contributed by atoms with Gasteiger partial charge in [0.2, 0.25) is 0 Å². The smallest absolute Gasteiger partial charge is 0.0708 e. The topological polar surface area (TPSA) is 12.9 Å². The second-order valence-corrected chi connectivity index (χ2v) is 11.1. The maximum atomic E-state index is 5.00. The van der Waals surface area contributed by atoms with Gasteiger partial charge < -0.3 is 0 Å². The molecule has 1 nitrogen and oxygen atoms in total. The molecule has 1 heteroatoms. The Balaban J connectivity index is 1.62. The van der Waals surface area contributed by atoms with Crippen molar-refractivity contribution in [3.8, 4) is 33.4 Å². The fraction of sp³-hybridized carbons (Fsp3) is 0.0789. The first-order chi connectivity index (χ1) is 19.1. The van der Waals surface area contributed by atoms with Crippen LogP contribution in [0.15, 0.2) is 128 Å². The van der Waals surface area contributed by atoms with Gasteiger partial charge >= 0.3 is 0 Å². The summed E-state index contributed by atoms with van der Waals surface area (Å²) in [6, 6.07) is 44.1. The molecule has 7 aromatic rings. The SMILES string of the molecule is CC1(C)c2ccccc2-c2c(-c3c4ccccc4c(-c4ccccc4)c4c3cnc3ccccc34)cccc21. The number of fused-ring (bicyclic) bond motifs is 7. The summed E-state index contributed by atoms with van der Waals surface area (Å²) in [4.78, 5) is 5.00. The molecular formula is C38H27N. The number of hydrogen-bond acceptors (Lipinski definition) is 1. The van der Waals surface area contributed by atoms with Crippen molar-refractivity contribution in [1.82, 2.24) is 4.98 Å². The molecule has 1 aromatic heterocycles. The minimum absolute atomic E-state index is 0.0531. The Kier molecular flexibility index (Phi) is 4.63. The molecular weight excluding hydrogens is 470 g/mol. The highest BCUT2D eigenvalue weighted by atomic mass is 14.7. The van der Waals surface area contributed by atoms with Gasteiger partial charge in [-0.2, -0.15) is 0 Å². The lowest BCUT2D eigenvalue weighted by Crippen LogP contribution is -2.14. The minimum atomic E-state index is -0.0531. The summed E-state index contributed by atoms with van der Waals surface area (Å²) >= 11 is 0. The molecule has 8 rings (SSSR count). The fourth-order valence-corrected chi connectivity index (χ4v) is 6.96. The maximum absolute atomic E-state index is 5.00. The molecule has 0 atom stereocenters. The summed E-state index contributed by atoms with van der Waals surface area (Å²) < 4.78 is 0. The number of nitrogens with zero attached hydrogens (tertiary/aromatic N) is 1. The van der Waals surface area contributed by atoms with E-state index in [1.807, 2.05) is 0 Å². The highest BCUT2D eigenvalue weighted by molar-refractivity contribution is 6.28. The van der Waals surface area contributed by atoms with Gasteiger partial charge in [0, 0.05) is 27.8 Å². The Bertz CT molecular complexity index is 2080. The minimum Gasteiger partial charge on any atom is -0.256 e. The quantitative estimate of drug-likeness (QED) is 0.171. The Labute approximate surface area is 228 Å². The lowest BCUT2D eigenvalue weighted by molar-refractivity contribution is 0.660. The van der Waals surface area contributed by atoms with Crippen LogP contribution in [0.25, 0.3) is 65.8 Å². The van der Waals surface area contributed by atoms with E-state index in [4.69, 9.17) is 4.98 Å². The third-order valence-corrected chi connectivity index (χ3v) is 8.70. The second kappa shape index (κ2) is 8.12. The van der Waals surface area contributed by atoms with Gasteiger partial charge in [0.05, 0.1) is 5.52 Å². The van der Waals surface area contributed by atoms with Gasteiger partial charge in [0.25, 0.3) is 0 Å². The van der Waals surface area contributed by atoms with E-state index in [-0.39, 0.29) is 5.41 Å². The van der Waals surface area contributed by atoms with Crippen LogP contribution in [-0.4, -0.2) is 4.98 Å². The van der Waals surface area contributed by atoms with Crippen molar-refractivity contribution in [2.24, 2.45) is 0 Å². The van der Waals surface area contributed by atoms with Crippen LogP contribution in [0.1, 0.15) is 25.0 Å². The van der Waals surface area contributed by atoms with Crippen LogP contribution in [0, 0.1) is 0 Å². The Hall–Kier alpha value is -4.75. The number of aromatic nitrogens is 1. The molecule has 0 spiro atoms. The second-order valence-electron chi connectivity index (χ2n) is 11.1. The molecule has 39 heavy (non-hydrogen) atoms. The molecule has 0 unspecified atom stereocenters. The first kappa shape index (κ1) is 22.3. The van der Waals surface area contributed by atoms with Crippen LogP contribution in [0.3, 0.4) is 0 Å². The predicted molar refractivity (Wildman–Crippen MR) is 165 cm³/mol. The van der Waals surface area contributed by atoms with Crippen LogP contribution in [-0.2, 0) is 5.41 Å². The summed E-state index contributed by atoms with van der Waals surface area (Å²) in [5, 5.41) is 6.18. The van der Waals surface area contributed by atoms with Crippen molar-refractivity contribution in [2.75, 3.05) is 0 Å². The lowest BCUT2D eigenvalue weighted by Gasteiger charge is -2.23. The number of para-hydroxylation sites is 1. The first-order valence-corrected chi connectivity index (χ1v) is 13.7. The van der Waals surface area contributed by atoms with E-state index >= 15 is 0 Å². The average Bonchev–Trinajstić information content (AvgIpc) is 3.23. The number of rotatable bonds is 2. The van der Waals surface area contributed by atoms with Crippen molar-refractivity contribution in [2.45, 2.75) is 19.3 Å². The zero-order valence-corrected chi connectivity index (χ0v) is 22.1. The van der Waals surface area contributed by atoms with Crippen molar-refractivity contribution in [3.63, 3.8) is 0 Å². The van der Waals surface area contributed by atoms with Crippen LogP contribution in [0.2, 0.25) is 0 Å². The van der Waals surface area contributed by atoms with Crippen LogP contribution < -0.4 is 0 Å². The molecule has 0 bridgehead atoms. The highest BCUT2D eigenvalue weighted by Crippen LogP contribution is 2.54. The molecule has 1 aliphatic carbocycles. The molecule has 0 radical (unpaired) electrons. The summed E-state index contributed by atoms with van der Waals surface area (Å²) in [5.41, 5.74) is 11.5. The Morgan fingerprint density at radius 3 is 1.90 bits per heavy atom. The van der Waals surface area contributed by atoms with E-state index in [0.29, 0.717) is 0 Å². The Morgan fingerprint density at radius 2 is 1.08 bits per heavy atom. The number of pyridine rings is 1. The summed E-state index contributed by atoms with van der Waals surface area (Å²) in [6.07, 6.45) is 2.11. The molecule has 6 aromatic carbocycles. The van der Waals surface area contributed by atoms with Gasteiger partial charge in [-0.1, -0.05) is 129 Å². The zero-order chi connectivity index (χ0) is 26.1. The van der Waals surface area contributed by atoms with Crippen LogP contribution in [0.5, 0.6) is 0 Å². The van der Waals surface area contributed by atoms with Crippen LogP contribution >= 0.6 is 0 Å². The van der Waals surface area contributed by atoms with E-state index in [1.165, 1.54) is 71.4 Å². The molecule has 0 amide bonds. The third-order valence-electron chi connectivity index (χ3n) is 8.70. The maximum Gasteiger partial charge on any atom is 0.0708 e. The van der Waals surface area contributed by atoms with Crippen molar-refractivity contribution in [3.05, 3.63) is 139 Å². The fourth-order valence-electron chi connectivity index (χ4n) is 6.96. The molecule has 1 aliphatic rings. The summed E-state index contributed by atoms with van der Waals surface area (Å²) in [5.74, 6) is 0. The Morgan fingerprint density at radius 1 is 0.462 bits per heavy atom. The van der Waals surface area contributed by atoms with Crippen molar-refractivity contribution < 1.29 is 0 Å². The molecule has 184 valence electrons. The van der Waals surface area contributed by atoms with Gasteiger partial charge in [0.15, 0.2) is 0 Å². The molecule has 0 aliphatic heterocycles. The molecule has 1 heterocycles. The van der Waals surface area contributed by atoms with E-state index in [1.54, 1.807) is 0 Å². The third kappa shape index (κ3) is 3.05. The van der Waals surface area contributed by atoms with Gasteiger partial charge in [-0.05, 0) is 61.3 Å². The largest absolute Gasteiger partial charge is 0.256 e.